The molecule has 17 nitrogen and oxygen atoms in total. The lowest BCUT2D eigenvalue weighted by atomic mass is 9.67. The number of H-pyrrole nitrogens is 2. The van der Waals surface area contributed by atoms with Crippen molar-refractivity contribution in [2.75, 3.05) is 59.5 Å². The molecule has 2 aliphatic carbocycles. The van der Waals surface area contributed by atoms with E-state index < -0.39 is 12.2 Å². The van der Waals surface area contributed by atoms with Gasteiger partial charge in [0.1, 0.15) is 17.1 Å². The first kappa shape index (κ1) is 52.4. The van der Waals surface area contributed by atoms with E-state index in [9.17, 15) is 9.59 Å². The number of amides is 2. The molecule has 2 aliphatic heterocycles. The Labute approximate surface area is 425 Å². The molecule has 4 aromatic heterocycles. The fraction of sp³-hybridized carbons (Fsp3) is 0.636. The van der Waals surface area contributed by atoms with E-state index in [1.54, 1.807) is 18.8 Å². The lowest BCUT2D eigenvalue weighted by Crippen LogP contribution is -2.48. The van der Waals surface area contributed by atoms with Crippen molar-refractivity contribution in [3.63, 3.8) is 0 Å². The summed E-state index contributed by atoms with van der Waals surface area (Å²) in [6.07, 6.45) is 7.12. The van der Waals surface area contributed by atoms with Crippen molar-refractivity contribution >= 4 is 34.9 Å². The Balaban J connectivity index is 0.000000193. The molecule has 0 radical (unpaired) electrons. The Bertz CT molecular complexity index is 2720. The maximum absolute atomic E-state index is 13.2. The molecule has 4 fully saturated rings. The molecule has 4 atom stereocenters. The Morgan fingerprint density at radius 2 is 1.14 bits per heavy atom. The van der Waals surface area contributed by atoms with Crippen LogP contribution in [0, 0.1) is 80.3 Å². The molecule has 6 heterocycles. The minimum atomic E-state index is -0.425. The largest absolute Gasteiger partial charge is 0.415 e. The highest BCUT2D eigenvalue weighted by Gasteiger charge is 2.37. The smallest absolute Gasteiger partial charge is 0.402 e. The van der Waals surface area contributed by atoms with Crippen LogP contribution >= 0.6 is 0 Å². The van der Waals surface area contributed by atoms with E-state index in [-0.39, 0.29) is 11.8 Å². The number of aryl methyl sites for hydroxylation is 2. The lowest BCUT2D eigenvalue weighted by molar-refractivity contribution is -0.299. The molecule has 9 rings (SSSR count). The number of aromatic nitrogens is 6. The number of rotatable bonds is 11. The highest BCUT2D eigenvalue weighted by molar-refractivity contribution is 5.81. The zero-order valence-corrected chi connectivity index (χ0v) is 44.3. The molecule has 388 valence electrons. The second kappa shape index (κ2) is 22.9. The van der Waals surface area contributed by atoms with Gasteiger partial charge in [-0.05, 0) is 132 Å². The summed E-state index contributed by atoms with van der Waals surface area (Å²) in [7, 11) is 2.05. The highest BCUT2D eigenvalue weighted by atomic mass is 17.2. The molecule has 5 aromatic rings. The molecule has 4 aliphatic rings. The Hall–Kier alpha value is -5.88. The van der Waals surface area contributed by atoms with Crippen LogP contribution in [0.25, 0.3) is 32.4 Å². The number of benzene rings is 1. The van der Waals surface area contributed by atoms with Gasteiger partial charge in [-0.3, -0.25) is 10.2 Å². The third-order valence-corrected chi connectivity index (χ3v) is 16.3. The third kappa shape index (κ3) is 11.5. The predicted octanol–water partition coefficient (Wildman–Crippen LogP) is 11.4. The van der Waals surface area contributed by atoms with E-state index in [1.165, 1.54) is 31.2 Å². The van der Waals surface area contributed by atoms with Crippen LogP contribution in [0.3, 0.4) is 0 Å². The van der Waals surface area contributed by atoms with E-state index in [2.05, 4.69) is 90.4 Å². The van der Waals surface area contributed by atoms with Gasteiger partial charge in [0.15, 0.2) is 5.82 Å². The maximum Gasteiger partial charge on any atom is 0.415 e. The van der Waals surface area contributed by atoms with Crippen LogP contribution in [0.5, 0.6) is 11.8 Å². The van der Waals surface area contributed by atoms with Crippen molar-refractivity contribution in [3.8, 4) is 23.1 Å². The zero-order valence-electron chi connectivity index (χ0n) is 44.3. The normalized spacial score (nSPS) is 25.2. The first-order valence-corrected chi connectivity index (χ1v) is 26.5. The molecular weight excluding hydrogens is 911 g/mol. The van der Waals surface area contributed by atoms with Crippen molar-refractivity contribution in [1.82, 2.24) is 43.9 Å². The number of ether oxygens (including phenoxy) is 2. The van der Waals surface area contributed by atoms with Crippen molar-refractivity contribution < 1.29 is 28.8 Å². The van der Waals surface area contributed by atoms with E-state index in [0.29, 0.717) is 115 Å². The number of hydrogen-bond donors (Lipinski definition) is 2. The number of likely N-dealkylation sites (N-methyl/N-ethyl adjacent to an activating group) is 1. The Kier molecular flexibility index (Phi) is 16.7. The van der Waals surface area contributed by atoms with Crippen LogP contribution in [0.15, 0.2) is 24.3 Å². The van der Waals surface area contributed by atoms with Gasteiger partial charge in [0.05, 0.1) is 26.4 Å². The topological polar surface area (TPSA) is 156 Å². The average Bonchev–Trinajstić information content (AvgIpc) is 4.08. The predicted molar refractivity (Wildman–Crippen MR) is 277 cm³/mol. The van der Waals surface area contributed by atoms with Gasteiger partial charge in [-0.2, -0.15) is 0 Å². The lowest BCUT2D eigenvalue weighted by Gasteiger charge is -2.38. The minimum absolute atomic E-state index is 0.249. The minimum Gasteiger partial charge on any atom is -0.402 e. The number of piperazine rings is 1. The zero-order chi connectivity index (χ0) is 51.4. The summed E-state index contributed by atoms with van der Waals surface area (Å²) in [6.45, 7) is 40.8. The first-order chi connectivity index (χ1) is 34.6. The molecule has 2 amide bonds. The summed E-state index contributed by atoms with van der Waals surface area (Å²) in [5, 5.41) is 6.50. The molecule has 17 heteroatoms. The second-order valence-electron chi connectivity index (χ2n) is 22.0. The highest BCUT2D eigenvalue weighted by Crippen LogP contribution is 2.47. The van der Waals surface area contributed by atoms with Crippen LogP contribution in [0.2, 0.25) is 0 Å². The molecule has 1 aromatic carbocycles. The summed E-state index contributed by atoms with van der Waals surface area (Å²) in [5.74, 6) is 6.89. The fourth-order valence-electron chi connectivity index (χ4n) is 12.4. The molecule has 72 heavy (non-hydrogen) atoms. The van der Waals surface area contributed by atoms with Gasteiger partial charge in [0, 0.05) is 56.0 Å². The number of fused-ring (bicyclic) bond motifs is 2. The summed E-state index contributed by atoms with van der Waals surface area (Å²) in [4.78, 5) is 59.4. The Morgan fingerprint density at radius 1 is 0.667 bits per heavy atom. The number of hydrogen-bond acceptors (Lipinski definition) is 9. The summed E-state index contributed by atoms with van der Waals surface area (Å²) < 4.78 is 15.3. The van der Waals surface area contributed by atoms with Crippen LogP contribution in [0.1, 0.15) is 110 Å². The number of likely N-dealkylation sites (tertiary alicyclic amines) is 1. The number of carbonyl (C=O) groups excluding carboxylic acids is 2. The summed E-state index contributed by atoms with van der Waals surface area (Å²) in [6, 6.07) is 8.18. The molecule has 0 spiro atoms. The van der Waals surface area contributed by atoms with Gasteiger partial charge < -0.3 is 24.2 Å². The molecule has 2 N–H and O–H groups in total. The number of piperidine rings is 1. The van der Waals surface area contributed by atoms with Crippen LogP contribution in [-0.2, 0) is 22.6 Å². The molecule has 2 saturated heterocycles. The quantitative estimate of drug-likeness (QED) is 0.0569. The van der Waals surface area contributed by atoms with Crippen LogP contribution < -0.4 is 9.47 Å². The third-order valence-electron chi connectivity index (χ3n) is 16.3. The van der Waals surface area contributed by atoms with Crippen LogP contribution in [0.4, 0.5) is 21.0 Å². The standard InChI is InChI=1S/C29H38N6O2.C26H39N5O4/c1-18-7-9-22(10-8-18)26-31-27-24(17-23-20(3)15-19(2)16-21(23)4)25(30-5)28(35(27)32-26)37-29(36)34-13-11-33(6)12-14-34;1-7-33-34-15-20-8-10-30(11-9-20)26(32)35-25-23(27-6)22(24-28-19(5)29-31(24)25)14-21-17(3)12-16(2)13-18(21)4/h7-10,19-21,23H,11-17H2,1-4,6H3,(H,31,32);16-18,20-21H,7-15H2,1-5H3,(H,28,29). The average molecular weight is 988 g/mol. The van der Waals surface area contributed by atoms with Crippen molar-refractivity contribution in [2.24, 2.45) is 53.3 Å². The number of nitrogens with zero attached hydrogens (tertiary/aromatic N) is 9. The van der Waals surface area contributed by atoms with Crippen molar-refractivity contribution in [3.05, 3.63) is 69.6 Å². The molecule has 0 bridgehead atoms. The monoisotopic (exact) mass is 988 g/mol. The van der Waals surface area contributed by atoms with Gasteiger partial charge >= 0.3 is 12.2 Å². The van der Waals surface area contributed by atoms with Gasteiger partial charge in [0.2, 0.25) is 11.8 Å². The van der Waals surface area contributed by atoms with Gasteiger partial charge in [-0.15, -0.1) is 0 Å². The SMILES string of the molecule is [C-]#[N+]c1c(CC2C(C)CC(C)CC2C)c2nc(-c3ccc(C)cc3)[nH]n2c1OC(=O)N1CCN(C)CC1.[C-]#[N+]c1c(CC2C(C)CC(C)CC2C)c2nc(C)[nH]n2c1OC(=O)N1CCC(COOCC)CC1. The van der Waals surface area contributed by atoms with Crippen molar-refractivity contribution in [2.45, 2.75) is 114 Å². The second-order valence-corrected chi connectivity index (χ2v) is 22.0. The Morgan fingerprint density at radius 3 is 1.62 bits per heavy atom. The number of nitrogens with one attached hydrogen (secondary N) is 2. The molecular formula is C55H77N11O6. The van der Waals surface area contributed by atoms with Gasteiger partial charge in [-0.25, -0.2) is 48.1 Å². The van der Waals surface area contributed by atoms with E-state index in [0.717, 1.165) is 67.2 Å². The molecule has 2 saturated carbocycles. The van der Waals surface area contributed by atoms with Crippen LogP contribution in [-0.4, -0.2) is 116 Å². The maximum atomic E-state index is 13.2. The summed E-state index contributed by atoms with van der Waals surface area (Å²) >= 11 is 0. The number of carbonyl (C=O) groups is 2. The first-order valence-electron chi connectivity index (χ1n) is 26.5. The van der Waals surface area contributed by atoms with Crippen molar-refractivity contribution in [1.29, 1.82) is 0 Å². The summed E-state index contributed by atoms with van der Waals surface area (Å²) in [5.41, 5.74) is 6.07. The molecule has 4 unspecified atom stereocenters. The van der Waals surface area contributed by atoms with E-state index in [4.69, 9.17) is 37.4 Å². The van der Waals surface area contributed by atoms with E-state index in [1.807, 2.05) is 33.0 Å². The van der Waals surface area contributed by atoms with E-state index >= 15 is 0 Å². The van der Waals surface area contributed by atoms with Gasteiger partial charge in [-0.1, -0.05) is 71.4 Å². The number of aromatic amines is 2. The van der Waals surface area contributed by atoms with Gasteiger partial charge in [0.25, 0.3) is 11.4 Å². The fourth-order valence-corrected chi connectivity index (χ4v) is 12.4.